The van der Waals surface area contributed by atoms with Crippen molar-refractivity contribution in [1.82, 2.24) is 5.32 Å². The molecule has 0 aromatic carbocycles. The third-order valence-corrected chi connectivity index (χ3v) is 3.80. The van der Waals surface area contributed by atoms with E-state index in [1.54, 1.807) is 0 Å². The van der Waals surface area contributed by atoms with Crippen LogP contribution in [0.25, 0.3) is 0 Å². The molecule has 110 valence electrons. The van der Waals surface area contributed by atoms with E-state index >= 15 is 0 Å². The van der Waals surface area contributed by atoms with Crippen molar-refractivity contribution in [3.63, 3.8) is 0 Å². The van der Waals surface area contributed by atoms with Gasteiger partial charge in [-0.15, -0.1) is 0 Å². The average molecular weight is 269 g/mol. The fourth-order valence-electron chi connectivity index (χ4n) is 2.59. The molecule has 0 atom stereocenters. The Morgan fingerprint density at radius 1 is 1.42 bits per heavy atom. The van der Waals surface area contributed by atoms with E-state index in [1.165, 1.54) is 0 Å². The van der Waals surface area contributed by atoms with E-state index in [4.69, 9.17) is 10.9 Å². The van der Waals surface area contributed by atoms with Crippen molar-refractivity contribution in [2.75, 3.05) is 0 Å². The van der Waals surface area contributed by atoms with Crippen molar-refractivity contribution in [3.8, 4) is 0 Å². The SMILES string of the molecule is CC1CCC(NC(=O)CC(C)(C)C)(/C(N)=N/O)CC1. The van der Waals surface area contributed by atoms with Gasteiger partial charge in [0, 0.05) is 6.42 Å². The Labute approximate surface area is 115 Å². The van der Waals surface area contributed by atoms with E-state index in [1.807, 2.05) is 20.8 Å². The molecule has 0 aromatic rings. The predicted molar refractivity (Wildman–Crippen MR) is 76.0 cm³/mol. The van der Waals surface area contributed by atoms with Gasteiger partial charge in [-0.2, -0.15) is 0 Å². The summed E-state index contributed by atoms with van der Waals surface area (Å²) in [5.74, 6) is 0.717. The molecule has 19 heavy (non-hydrogen) atoms. The number of carbonyl (C=O) groups is 1. The van der Waals surface area contributed by atoms with Gasteiger partial charge in [0.15, 0.2) is 5.84 Å². The van der Waals surface area contributed by atoms with Gasteiger partial charge in [-0.1, -0.05) is 32.9 Å². The monoisotopic (exact) mass is 269 g/mol. The minimum Gasteiger partial charge on any atom is -0.409 e. The molecule has 0 spiro atoms. The summed E-state index contributed by atoms with van der Waals surface area (Å²) < 4.78 is 0. The zero-order chi connectivity index (χ0) is 14.7. The van der Waals surface area contributed by atoms with Crippen LogP contribution in [-0.4, -0.2) is 22.5 Å². The lowest BCUT2D eigenvalue weighted by atomic mass is 9.76. The summed E-state index contributed by atoms with van der Waals surface area (Å²) in [5.41, 5.74) is 5.09. The number of rotatable bonds is 3. The van der Waals surface area contributed by atoms with Crippen LogP contribution < -0.4 is 11.1 Å². The Bertz CT molecular complexity index is 350. The molecular formula is C14H27N3O2. The van der Waals surface area contributed by atoms with Crippen molar-refractivity contribution in [3.05, 3.63) is 0 Å². The number of nitrogens with two attached hydrogens (primary N) is 1. The summed E-state index contributed by atoms with van der Waals surface area (Å²) in [6.07, 6.45) is 3.86. The van der Waals surface area contributed by atoms with Gasteiger partial charge in [-0.3, -0.25) is 4.79 Å². The van der Waals surface area contributed by atoms with Gasteiger partial charge in [-0.05, 0) is 37.0 Å². The molecule has 0 saturated heterocycles. The topological polar surface area (TPSA) is 87.7 Å². The first kappa shape index (κ1) is 15.8. The molecule has 1 aliphatic carbocycles. The number of hydrogen-bond acceptors (Lipinski definition) is 3. The Hall–Kier alpha value is -1.26. The summed E-state index contributed by atoms with van der Waals surface area (Å²) in [6, 6.07) is 0. The van der Waals surface area contributed by atoms with E-state index in [2.05, 4.69) is 17.4 Å². The van der Waals surface area contributed by atoms with Crippen molar-refractivity contribution < 1.29 is 10.0 Å². The van der Waals surface area contributed by atoms with Crippen LogP contribution in [0.5, 0.6) is 0 Å². The maximum absolute atomic E-state index is 12.1. The van der Waals surface area contributed by atoms with E-state index in [0.717, 1.165) is 25.7 Å². The smallest absolute Gasteiger partial charge is 0.221 e. The second-order valence-electron chi connectivity index (χ2n) is 7.04. The highest BCUT2D eigenvalue weighted by Gasteiger charge is 2.40. The maximum atomic E-state index is 12.1. The fraction of sp³-hybridized carbons (Fsp3) is 0.857. The molecule has 0 radical (unpaired) electrons. The van der Waals surface area contributed by atoms with E-state index in [0.29, 0.717) is 12.3 Å². The number of nitrogens with zero attached hydrogens (tertiary/aromatic N) is 1. The van der Waals surface area contributed by atoms with Gasteiger partial charge >= 0.3 is 0 Å². The minimum absolute atomic E-state index is 0.0337. The number of oxime groups is 1. The molecule has 1 fully saturated rings. The highest BCUT2D eigenvalue weighted by Crippen LogP contribution is 2.32. The van der Waals surface area contributed by atoms with Crippen LogP contribution >= 0.6 is 0 Å². The number of amidine groups is 1. The summed E-state index contributed by atoms with van der Waals surface area (Å²) in [4.78, 5) is 12.1. The highest BCUT2D eigenvalue weighted by atomic mass is 16.4. The molecule has 1 rings (SSSR count). The zero-order valence-corrected chi connectivity index (χ0v) is 12.5. The maximum Gasteiger partial charge on any atom is 0.221 e. The van der Waals surface area contributed by atoms with E-state index in [-0.39, 0.29) is 17.2 Å². The zero-order valence-electron chi connectivity index (χ0n) is 12.5. The Kier molecular flexibility index (Phi) is 4.82. The van der Waals surface area contributed by atoms with Crippen molar-refractivity contribution in [2.45, 2.75) is 65.3 Å². The average Bonchev–Trinajstić information content (AvgIpc) is 2.29. The largest absolute Gasteiger partial charge is 0.409 e. The van der Waals surface area contributed by atoms with Crippen molar-refractivity contribution >= 4 is 11.7 Å². The molecule has 0 unspecified atom stereocenters. The molecule has 5 heteroatoms. The van der Waals surface area contributed by atoms with Crippen LogP contribution in [0.1, 0.15) is 59.8 Å². The third kappa shape index (κ3) is 4.40. The highest BCUT2D eigenvalue weighted by molar-refractivity contribution is 5.94. The molecule has 1 saturated carbocycles. The predicted octanol–water partition coefficient (Wildman–Crippen LogP) is 2.23. The van der Waals surface area contributed by atoms with Crippen LogP contribution in [-0.2, 0) is 4.79 Å². The lowest BCUT2D eigenvalue weighted by molar-refractivity contribution is -0.124. The first-order chi connectivity index (χ1) is 8.68. The van der Waals surface area contributed by atoms with E-state index < -0.39 is 5.54 Å². The standard InChI is InChI=1S/C14H27N3O2/c1-10-5-7-14(8-6-10,12(15)17-19)16-11(18)9-13(2,3)4/h10,19H,5-9H2,1-4H3,(H2,15,17)(H,16,18). The van der Waals surface area contributed by atoms with Gasteiger partial charge < -0.3 is 16.3 Å². The van der Waals surface area contributed by atoms with Crippen LogP contribution in [0.15, 0.2) is 5.16 Å². The van der Waals surface area contributed by atoms with Gasteiger partial charge in [-0.25, -0.2) is 0 Å². The van der Waals surface area contributed by atoms with Gasteiger partial charge in [0.1, 0.15) is 5.54 Å². The summed E-state index contributed by atoms with van der Waals surface area (Å²) >= 11 is 0. The first-order valence-electron chi connectivity index (χ1n) is 6.97. The van der Waals surface area contributed by atoms with Gasteiger partial charge in [0.25, 0.3) is 0 Å². The first-order valence-corrected chi connectivity index (χ1v) is 6.97. The number of carbonyl (C=O) groups excluding carboxylic acids is 1. The second kappa shape index (κ2) is 5.80. The van der Waals surface area contributed by atoms with Crippen molar-refractivity contribution in [1.29, 1.82) is 0 Å². The van der Waals surface area contributed by atoms with Crippen LogP contribution in [0.2, 0.25) is 0 Å². The Balaban J connectivity index is 2.79. The summed E-state index contributed by atoms with van der Waals surface area (Å²) in [6.45, 7) is 8.25. The molecular weight excluding hydrogens is 242 g/mol. The van der Waals surface area contributed by atoms with E-state index in [9.17, 15) is 4.79 Å². The number of hydrogen-bond donors (Lipinski definition) is 3. The number of nitrogens with one attached hydrogen (secondary N) is 1. The molecule has 0 bridgehead atoms. The molecule has 4 N–H and O–H groups in total. The molecule has 1 aliphatic rings. The molecule has 5 nitrogen and oxygen atoms in total. The van der Waals surface area contributed by atoms with Gasteiger partial charge in [0.05, 0.1) is 0 Å². The Morgan fingerprint density at radius 2 is 1.95 bits per heavy atom. The quantitative estimate of drug-likeness (QED) is 0.318. The second-order valence-corrected chi connectivity index (χ2v) is 7.04. The normalized spacial score (nSPS) is 29.1. The third-order valence-electron chi connectivity index (χ3n) is 3.80. The fourth-order valence-corrected chi connectivity index (χ4v) is 2.59. The molecule has 0 aliphatic heterocycles. The van der Waals surface area contributed by atoms with Crippen LogP contribution in [0.4, 0.5) is 0 Å². The van der Waals surface area contributed by atoms with Crippen LogP contribution in [0.3, 0.4) is 0 Å². The number of amides is 1. The van der Waals surface area contributed by atoms with Crippen molar-refractivity contribution in [2.24, 2.45) is 22.2 Å². The van der Waals surface area contributed by atoms with Crippen LogP contribution in [0, 0.1) is 11.3 Å². The molecule has 1 amide bonds. The Morgan fingerprint density at radius 3 is 2.37 bits per heavy atom. The molecule has 0 aromatic heterocycles. The molecule has 0 heterocycles. The summed E-state index contributed by atoms with van der Waals surface area (Å²) in [7, 11) is 0. The minimum atomic E-state index is -0.663. The summed E-state index contributed by atoms with van der Waals surface area (Å²) in [5, 5.41) is 15.1. The lowest BCUT2D eigenvalue weighted by Crippen LogP contribution is -2.59. The van der Waals surface area contributed by atoms with Gasteiger partial charge in [0.2, 0.25) is 5.91 Å². The lowest BCUT2D eigenvalue weighted by Gasteiger charge is -2.39.